The van der Waals surface area contributed by atoms with Crippen LogP contribution in [0, 0.1) is 6.92 Å². The predicted molar refractivity (Wildman–Crippen MR) is 73.5 cm³/mol. The molecule has 19 heavy (non-hydrogen) atoms. The molecule has 0 fully saturated rings. The molecule has 5 nitrogen and oxygen atoms in total. The summed E-state index contributed by atoms with van der Waals surface area (Å²) >= 11 is 0. The number of hydrogen-bond donors (Lipinski definition) is 2. The summed E-state index contributed by atoms with van der Waals surface area (Å²) in [5.74, 6) is -0.363. The van der Waals surface area contributed by atoms with Gasteiger partial charge < -0.3 is 20.1 Å². The Hall–Kier alpha value is -2.43. The number of carboxylic acids is 1. The Balaban J connectivity index is 2.77. The van der Waals surface area contributed by atoms with E-state index in [0.717, 1.165) is 5.56 Å². The normalized spacial score (nSPS) is 10.5. The Morgan fingerprint density at radius 2 is 2.00 bits per heavy atom. The van der Waals surface area contributed by atoms with Gasteiger partial charge in [-0.25, -0.2) is 4.79 Å². The molecule has 100 valence electrons. The van der Waals surface area contributed by atoms with Crippen LogP contribution in [0.5, 0.6) is 5.75 Å². The van der Waals surface area contributed by atoms with Gasteiger partial charge in [-0.2, -0.15) is 0 Å². The fraction of sp³-hybridized carbons (Fsp3) is 0.214. The van der Waals surface area contributed by atoms with Crippen molar-refractivity contribution in [2.45, 2.75) is 6.92 Å². The Bertz CT molecular complexity index is 644. The summed E-state index contributed by atoms with van der Waals surface area (Å²) in [5, 5.41) is 9.23. The zero-order valence-corrected chi connectivity index (χ0v) is 11.1. The van der Waals surface area contributed by atoms with Gasteiger partial charge in [0.15, 0.2) is 0 Å². The maximum atomic E-state index is 11.3. The first-order valence-corrected chi connectivity index (χ1v) is 5.80. The lowest BCUT2D eigenvalue weighted by Crippen LogP contribution is -2.01. The molecule has 2 aromatic rings. The molecule has 5 heteroatoms. The second-order valence-corrected chi connectivity index (χ2v) is 4.29. The van der Waals surface area contributed by atoms with Crippen LogP contribution in [0.4, 0.5) is 5.69 Å². The molecule has 1 aromatic heterocycles. The first kappa shape index (κ1) is 13.0. The van der Waals surface area contributed by atoms with E-state index in [0.29, 0.717) is 17.1 Å². The lowest BCUT2D eigenvalue weighted by Gasteiger charge is -2.10. The quantitative estimate of drug-likeness (QED) is 0.887. The SMILES string of the molecule is COc1ccccc1-c1c(N)c(C(=O)O)c(C)n1C. The predicted octanol–water partition coefficient (Wildman–Crippen LogP) is 2.29. The third kappa shape index (κ3) is 1.93. The molecular weight excluding hydrogens is 244 g/mol. The summed E-state index contributed by atoms with van der Waals surface area (Å²) in [5.41, 5.74) is 8.46. The second kappa shape index (κ2) is 4.68. The van der Waals surface area contributed by atoms with Crippen LogP contribution < -0.4 is 10.5 Å². The standard InChI is InChI=1S/C14H16N2O3/c1-8-11(14(17)18)12(15)13(16(8)2)9-6-4-5-7-10(9)19-3/h4-7H,15H2,1-3H3,(H,17,18). The minimum atomic E-state index is -1.02. The van der Waals surface area contributed by atoms with E-state index in [1.165, 1.54) is 0 Å². The van der Waals surface area contributed by atoms with Crippen LogP contribution in [-0.4, -0.2) is 22.8 Å². The van der Waals surface area contributed by atoms with Crippen molar-refractivity contribution in [3.05, 3.63) is 35.5 Å². The minimum absolute atomic E-state index is 0.142. The van der Waals surface area contributed by atoms with Gasteiger partial charge in [-0.05, 0) is 19.1 Å². The van der Waals surface area contributed by atoms with Crippen molar-refractivity contribution >= 4 is 11.7 Å². The number of aromatic nitrogens is 1. The molecule has 0 unspecified atom stereocenters. The topological polar surface area (TPSA) is 77.5 Å². The van der Waals surface area contributed by atoms with Gasteiger partial charge in [0.05, 0.1) is 18.5 Å². The monoisotopic (exact) mass is 260 g/mol. The highest BCUT2D eigenvalue weighted by Crippen LogP contribution is 2.37. The Labute approximate surface area is 111 Å². The summed E-state index contributed by atoms with van der Waals surface area (Å²) < 4.78 is 7.08. The van der Waals surface area contributed by atoms with Crippen molar-refractivity contribution in [2.24, 2.45) is 7.05 Å². The van der Waals surface area contributed by atoms with Crippen LogP contribution in [0.15, 0.2) is 24.3 Å². The van der Waals surface area contributed by atoms with Gasteiger partial charge in [0.25, 0.3) is 0 Å². The molecule has 0 amide bonds. The van der Waals surface area contributed by atoms with E-state index in [9.17, 15) is 9.90 Å². The molecule has 0 aliphatic rings. The fourth-order valence-corrected chi connectivity index (χ4v) is 2.27. The van der Waals surface area contributed by atoms with Crippen molar-refractivity contribution in [1.82, 2.24) is 4.57 Å². The number of carbonyl (C=O) groups is 1. The molecular formula is C14H16N2O3. The zero-order valence-electron chi connectivity index (χ0n) is 11.1. The molecule has 0 bridgehead atoms. The van der Waals surface area contributed by atoms with Gasteiger partial charge in [0.1, 0.15) is 11.3 Å². The summed E-state index contributed by atoms with van der Waals surface area (Å²) in [4.78, 5) is 11.3. The number of benzene rings is 1. The molecule has 0 aliphatic heterocycles. The van der Waals surface area contributed by atoms with Gasteiger partial charge in [0, 0.05) is 18.3 Å². The third-order valence-corrected chi connectivity index (χ3v) is 3.30. The smallest absolute Gasteiger partial charge is 0.339 e. The zero-order chi connectivity index (χ0) is 14.2. The summed E-state index contributed by atoms with van der Waals surface area (Å²) in [6.07, 6.45) is 0. The lowest BCUT2D eigenvalue weighted by molar-refractivity contribution is 0.0697. The molecule has 0 saturated carbocycles. The van der Waals surface area contributed by atoms with Crippen molar-refractivity contribution < 1.29 is 14.6 Å². The highest BCUT2D eigenvalue weighted by atomic mass is 16.5. The number of carboxylic acid groups (broad SMARTS) is 1. The van der Waals surface area contributed by atoms with E-state index in [4.69, 9.17) is 10.5 Å². The molecule has 1 aromatic carbocycles. The van der Waals surface area contributed by atoms with Crippen LogP contribution >= 0.6 is 0 Å². The van der Waals surface area contributed by atoms with Crippen molar-refractivity contribution in [1.29, 1.82) is 0 Å². The van der Waals surface area contributed by atoms with Gasteiger partial charge in [-0.1, -0.05) is 12.1 Å². The molecule has 0 spiro atoms. The average molecular weight is 260 g/mol. The molecule has 0 radical (unpaired) electrons. The number of nitrogens with zero attached hydrogens (tertiary/aromatic N) is 1. The van der Waals surface area contributed by atoms with Crippen molar-refractivity contribution in [3.8, 4) is 17.0 Å². The van der Waals surface area contributed by atoms with Gasteiger partial charge in [-0.15, -0.1) is 0 Å². The minimum Gasteiger partial charge on any atom is -0.496 e. The van der Waals surface area contributed by atoms with Crippen LogP contribution in [-0.2, 0) is 7.05 Å². The third-order valence-electron chi connectivity index (χ3n) is 3.30. The first-order valence-electron chi connectivity index (χ1n) is 5.80. The number of aromatic carboxylic acids is 1. The van der Waals surface area contributed by atoms with E-state index in [1.807, 2.05) is 24.3 Å². The number of methoxy groups -OCH3 is 1. The number of rotatable bonds is 3. The molecule has 0 saturated heterocycles. The molecule has 0 atom stereocenters. The molecule has 0 aliphatic carbocycles. The Morgan fingerprint density at radius 3 is 2.53 bits per heavy atom. The van der Waals surface area contributed by atoms with E-state index in [-0.39, 0.29) is 11.3 Å². The fourth-order valence-electron chi connectivity index (χ4n) is 2.27. The summed E-state index contributed by atoms with van der Waals surface area (Å²) in [6, 6.07) is 7.39. The summed E-state index contributed by atoms with van der Waals surface area (Å²) in [7, 11) is 3.36. The lowest BCUT2D eigenvalue weighted by atomic mass is 10.1. The van der Waals surface area contributed by atoms with Gasteiger partial charge >= 0.3 is 5.97 Å². The van der Waals surface area contributed by atoms with Crippen LogP contribution in [0.1, 0.15) is 16.1 Å². The average Bonchev–Trinajstić information content (AvgIpc) is 2.60. The summed E-state index contributed by atoms with van der Waals surface area (Å²) in [6.45, 7) is 1.73. The number of nitrogens with two attached hydrogens (primary N) is 1. The van der Waals surface area contributed by atoms with Gasteiger partial charge in [-0.3, -0.25) is 0 Å². The Morgan fingerprint density at radius 1 is 1.37 bits per heavy atom. The number of hydrogen-bond acceptors (Lipinski definition) is 3. The highest BCUT2D eigenvalue weighted by molar-refractivity contribution is 6.00. The number of para-hydroxylation sites is 1. The maximum Gasteiger partial charge on any atom is 0.339 e. The molecule has 3 N–H and O–H groups in total. The van der Waals surface area contributed by atoms with Crippen LogP contribution in [0.2, 0.25) is 0 Å². The number of nitrogen functional groups attached to an aromatic ring is 1. The highest BCUT2D eigenvalue weighted by Gasteiger charge is 2.23. The first-order chi connectivity index (χ1) is 8.99. The number of ether oxygens (including phenoxy) is 1. The largest absolute Gasteiger partial charge is 0.496 e. The van der Waals surface area contributed by atoms with Crippen LogP contribution in [0.3, 0.4) is 0 Å². The van der Waals surface area contributed by atoms with Crippen LogP contribution in [0.25, 0.3) is 11.3 Å². The Kier molecular flexibility index (Phi) is 3.21. The van der Waals surface area contributed by atoms with E-state index in [2.05, 4.69) is 0 Å². The van der Waals surface area contributed by atoms with E-state index < -0.39 is 5.97 Å². The number of anilines is 1. The van der Waals surface area contributed by atoms with E-state index in [1.54, 1.807) is 25.6 Å². The molecule has 2 rings (SSSR count). The van der Waals surface area contributed by atoms with E-state index >= 15 is 0 Å². The van der Waals surface area contributed by atoms with Gasteiger partial charge in [0.2, 0.25) is 0 Å². The maximum absolute atomic E-state index is 11.3. The van der Waals surface area contributed by atoms with Crippen molar-refractivity contribution in [3.63, 3.8) is 0 Å². The van der Waals surface area contributed by atoms with Crippen molar-refractivity contribution in [2.75, 3.05) is 12.8 Å². The molecule has 1 heterocycles. The second-order valence-electron chi connectivity index (χ2n) is 4.29.